The van der Waals surface area contributed by atoms with Gasteiger partial charge < -0.3 is 9.30 Å². The Balaban J connectivity index is 1.87. The highest BCUT2D eigenvalue weighted by atomic mass is 16.2. The average Bonchev–Trinajstić information content (AvgIpc) is 2.75. The molecule has 4 heteroatoms. The van der Waals surface area contributed by atoms with E-state index >= 15 is 0 Å². The molecule has 0 saturated carbocycles. The number of carbonyl (C=O) groups excluding carboxylic acids is 1. The van der Waals surface area contributed by atoms with Gasteiger partial charge in [-0.2, -0.15) is 0 Å². The van der Waals surface area contributed by atoms with Gasteiger partial charge in [-0.15, -0.1) is 0 Å². The first-order valence-corrected chi connectivity index (χ1v) is 7.27. The zero-order valence-corrected chi connectivity index (χ0v) is 12.3. The number of aromatic nitrogens is 2. The second-order valence-corrected chi connectivity index (χ2v) is 6.22. The summed E-state index contributed by atoms with van der Waals surface area (Å²) in [7, 11) is 0. The van der Waals surface area contributed by atoms with Gasteiger partial charge in [0.2, 0.25) is 0 Å². The van der Waals surface area contributed by atoms with Crippen molar-refractivity contribution in [2.45, 2.75) is 27.2 Å². The fourth-order valence-electron chi connectivity index (χ4n) is 3.25. The lowest BCUT2D eigenvalue weighted by atomic mass is 9.91. The molecule has 0 aliphatic carbocycles. The summed E-state index contributed by atoms with van der Waals surface area (Å²) in [5.41, 5.74) is 2.55. The van der Waals surface area contributed by atoms with Crippen molar-refractivity contribution in [1.82, 2.24) is 14.3 Å². The average molecular weight is 271 g/mol. The van der Waals surface area contributed by atoms with Gasteiger partial charge in [-0.1, -0.05) is 13.8 Å². The standard InChI is InChI=1S/C16H21N3O/c1-11-6-12(2)9-19(8-11)16(20)14-4-5-18-10-13(3)17-15(18)7-14/h4-5,7,10-12H,6,8-9H2,1-3H3. The lowest BCUT2D eigenvalue weighted by Gasteiger charge is -2.35. The number of nitrogens with zero attached hydrogens (tertiary/aromatic N) is 3. The number of piperidine rings is 1. The topological polar surface area (TPSA) is 37.6 Å². The van der Waals surface area contributed by atoms with Gasteiger partial charge in [-0.3, -0.25) is 4.79 Å². The molecule has 2 unspecified atom stereocenters. The van der Waals surface area contributed by atoms with Crippen LogP contribution in [0, 0.1) is 18.8 Å². The van der Waals surface area contributed by atoms with Crippen LogP contribution in [0.2, 0.25) is 0 Å². The number of rotatable bonds is 1. The van der Waals surface area contributed by atoms with E-state index in [0.717, 1.165) is 30.0 Å². The van der Waals surface area contributed by atoms with Crippen LogP contribution in [0.25, 0.3) is 5.65 Å². The van der Waals surface area contributed by atoms with E-state index in [9.17, 15) is 4.79 Å². The zero-order chi connectivity index (χ0) is 14.3. The molecule has 1 amide bonds. The van der Waals surface area contributed by atoms with E-state index in [-0.39, 0.29) is 5.91 Å². The van der Waals surface area contributed by atoms with Gasteiger partial charge in [0.1, 0.15) is 5.65 Å². The Hall–Kier alpha value is -1.84. The van der Waals surface area contributed by atoms with Crippen molar-refractivity contribution in [3.63, 3.8) is 0 Å². The molecule has 1 saturated heterocycles. The van der Waals surface area contributed by atoms with Crippen LogP contribution in [0.3, 0.4) is 0 Å². The van der Waals surface area contributed by atoms with Crippen molar-refractivity contribution >= 4 is 11.6 Å². The maximum Gasteiger partial charge on any atom is 0.254 e. The number of fused-ring (bicyclic) bond motifs is 1. The Morgan fingerprint density at radius 2 is 2.00 bits per heavy atom. The van der Waals surface area contributed by atoms with Gasteiger partial charge in [0.05, 0.1) is 5.69 Å². The summed E-state index contributed by atoms with van der Waals surface area (Å²) < 4.78 is 1.95. The predicted octanol–water partition coefficient (Wildman–Crippen LogP) is 2.76. The molecule has 1 aliphatic heterocycles. The van der Waals surface area contributed by atoms with Crippen LogP contribution in [-0.2, 0) is 0 Å². The fourth-order valence-corrected chi connectivity index (χ4v) is 3.25. The van der Waals surface area contributed by atoms with Gasteiger partial charge >= 0.3 is 0 Å². The first kappa shape index (κ1) is 13.2. The van der Waals surface area contributed by atoms with Crippen LogP contribution in [0.15, 0.2) is 24.5 Å². The molecular formula is C16H21N3O. The summed E-state index contributed by atoms with van der Waals surface area (Å²) >= 11 is 0. The molecule has 1 fully saturated rings. The van der Waals surface area contributed by atoms with Crippen molar-refractivity contribution < 1.29 is 4.79 Å². The molecule has 4 nitrogen and oxygen atoms in total. The van der Waals surface area contributed by atoms with Crippen molar-refractivity contribution in [1.29, 1.82) is 0 Å². The molecule has 3 rings (SSSR count). The third-order valence-electron chi connectivity index (χ3n) is 3.98. The first-order valence-electron chi connectivity index (χ1n) is 7.27. The highest BCUT2D eigenvalue weighted by Crippen LogP contribution is 2.22. The third-order valence-corrected chi connectivity index (χ3v) is 3.98. The zero-order valence-electron chi connectivity index (χ0n) is 12.3. The Bertz CT molecular complexity index is 636. The molecule has 0 radical (unpaired) electrons. The van der Waals surface area contributed by atoms with E-state index in [4.69, 9.17) is 0 Å². The summed E-state index contributed by atoms with van der Waals surface area (Å²) in [6, 6.07) is 3.78. The highest BCUT2D eigenvalue weighted by Gasteiger charge is 2.26. The minimum absolute atomic E-state index is 0.131. The Kier molecular flexibility index (Phi) is 3.24. The van der Waals surface area contributed by atoms with E-state index in [1.165, 1.54) is 6.42 Å². The summed E-state index contributed by atoms with van der Waals surface area (Å²) in [4.78, 5) is 19.0. The largest absolute Gasteiger partial charge is 0.338 e. The summed E-state index contributed by atoms with van der Waals surface area (Å²) in [6.45, 7) is 8.13. The van der Waals surface area contributed by atoms with Crippen molar-refractivity contribution in [2.24, 2.45) is 11.8 Å². The monoisotopic (exact) mass is 271 g/mol. The molecule has 0 bridgehead atoms. The number of imidazole rings is 1. The SMILES string of the molecule is Cc1cn2ccc(C(=O)N3CC(C)CC(C)C3)cc2n1. The number of likely N-dealkylation sites (tertiary alicyclic amines) is 1. The Labute approximate surface area is 119 Å². The number of amides is 1. The number of pyridine rings is 1. The quantitative estimate of drug-likeness (QED) is 0.800. The molecule has 106 valence electrons. The van der Waals surface area contributed by atoms with Crippen LogP contribution < -0.4 is 0 Å². The Morgan fingerprint density at radius 1 is 1.30 bits per heavy atom. The van der Waals surface area contributed by atoms with Crippen molar-refractivity contribution in [3.05, 3.63) is 35.8 Å². The molecule has 0 N–H and O–H groups in total. The van der Waals surface area contributed by atoms with Crippen LogP contribution in [-0.4, -0.2) is 33.3 Å². The lowest BCUT2D eigenvalue weighted by molar-refractivity contribution is 0.0623. The smallest absolute Gasteiger partial charge is 0.254 e. The first-order chi connectivity index (χ1) is 9.52. The second kappa shape index (κ2) is 4.93. The fraction of sp³-hybridized carbons (Fsp3) is 0.500. The van der Waals surface area contributed by atoms with E-state index in [1.54, 1.807) is 0 Å². The molecule has 2 aromatic rings. The number of aryl methyl sites for hydroxylation is 1. The summed E-state index contributed by atoms with van der Waals surface area (Å²) in [5, 5.41) is 0. The van der Waals surface area contributed by atoms with Gasteiger partial charge in [0.25, 0.3) is 5.91 Å². The minimum Gasteiger partial charge on any atom is -0.338 e. The van der Waals surface area contributed by atoms with Gasteiger partial charge in [0, 0.05) is 31.0 Å². The normalized spacial score (nSPS) is 23.2. The van der Waals surface area contributed by atoms with Gasteiger partial charge in [0.15, 0.2) is 0 Å². The summed E-state index contributed by atoms with van der Waals surface area (Å²) in [6.07, 6.45) is 5.09. The van der Waals surface area contributed by atoms with Gasteiger partial charge in [-0.25, -0.2) is 4.98 Å². The number of carbonyl (C=O) groups is 1. The lowest BCUT2D eigenvalue weighted by Crippen LogP contribution is -2.42. The van der Waals surface area contributed by atoms with Crippen molar-refractivity contribution in [2.75, 3.05) is 13.1 Å². The van der Waals surface area contributed by atoms with E-state index in [2.05, 4.69) is 18.8 Å². The van der Waals surface area contributed by atoms with Crippen LogP contribution in [0.5, 0.6) is 0 Å². The molecule has 0 aromatic carbocycles. The molecule has 2 aromatic heterocycles. The molecule has 1 aliphatic rings. The number of hydrogen-bond donors (Lipinski definition) is 0. The molecule has 0 spiro atoms. The third kappa shape index (κ3) is 2.42. The summed E-state index contributed by atoms with van der Waals surface area (Å²) in [5.74, 6) is 1.30. The van der Waals surface area contributed by atoms with E-state index < -0.39 is 0 Å². The second-order valence-electron chi connectivity index (χ2n) is 6.22. The van der Waals surface area contributed by atoms with E-state index in [1.807, 2.05) is 40.8 Å². The maximum absolute atomic E-state index is 12.6. The predicted molar refractivity (Wildman–Crippen MR) is 78.8 cm³/mol. The molecule has 20 heavy (non-hydrogen) atoms. The van der Waals surface area contributed by atoms with Gasteiger partial charge in [-0.05, 0) is 37.3 Å². The van der Waals surface area contributed by atoms with Crippen LogP contribution >= 0.6 is 0 Å². The van der Waals surface area contributed by atoms with E-state index in [0.29, 0.717) is 11.8 Å². The maximum atomic E-state index is 12.6. The number of hydrogen-bond acceptors (Lipinski definition) is 2. The van der Waals surface area contributed by atoms with Crippen LogP contribution in [0.4, 0.5) is 0 Å². The van der Waals surface area contributed by atoms with Crippen molar-refractivity contribution in [3.8, 4) is 0 Å². The highest BCUT2D eigenvalue weighted by molar-refractivity contribution is 5.95. The molecular weight excluding hydrogens is 250 g/mol. The molecule has 3 heterocycles. The molecule has 2 atom stereocenters. The Morgan fingerprint density at radius 3 is 2.70 bits per heavy atom. The van der Waals surface area contributed by atoms with Crippen LogP contribution in [0.1, 0.15) is 36.3 Å². The minimum atomic E-state index is 0.131.